The van der Waals surface area contributed by atoms with Crippen molar-refractivity contribution in [3.63, 3.8) is 0 Å². The van der Waals surface area contributed by atoms with Crippen molar-refractivity contribution in [3.8, 4) is 0 Å². The summed E-state index contributed by atoms with van der Waals surface area (Å²) in [5, 5.41) is 5.91. The Bertz CT molecular complexity index is 300. The molecule has 0 fully saturated rings. The van der Waals surface area contributed by atoms with E-state index in [0.29, 0.717) is 0 Å². The van der Waals surface area contributed by atoms with E-state index in [1.165, 1.54) is 12.1 Å². The molecule has 0 unspecified atom stereocenters. The largest absolute Gasteiger partial charge is 0.291 e. The van der Waals surface area contributed by atoms with Crippen molar-refractivity contribution in [2.24, 2.45) is 0 Å². The molecule has 1 aromatic rings. The Kier molecular flexibility index (Phi) is 2.53. The van der Waals surface area contributed by atoms with E-state index in [1.54, 1.807) is 0 Å². The van der Waals surface area contributed by atoms with Gasteiger partial charge in [-0.2, -0.15) is 5.10 Å². The fourth-order valence-electron chi connectivity index (χ4n) is 0.568. The van der Waals surface area contributed by atoms with Crippen molar-refractivity contribution in [3.05, 3.63) is 28.2 Å². The van der Waals surface area contributed by atoms with Gasteiger partial charge >= 0.3 is 0 Å². The zero-order valence-electron chi connectivity index (χ0n) is 5.50. The first-order valence-corrected chi connectivity index (χ1v) is 4.01. The summed E-state index contributed by atoms with van der Waals surface area (Å²) in [6.07, 6.45) is 0. The first-order chi connectivity index (χ1) is 5.24. The number of aromatic nitrogens is 2. The molecule has 0 aliphatic heterocycles. The van der Waals surface area contributed by atoms with Crippen LogP contribution in [0, 0.1) is 0 Å². The van der Waals surface area contributed by atoms with Crippen LogP contribution in [0.4, 0.5) is 0 Å². The third-order valence-corrected chi connectivity index (χ3v) is 1.60. The number of rotatable bonds is 2. The van der Waals surface area contributed by atoms with Gasteiger partial charge in [0.1, 0.15) is 5.69 Å². The Labute approximate surface area is 70.8 Å². The maximum Gasteiger partial charge on any atom is 0.264 e. The highest BCUT2D eigenvalue weighted by Gasteiger charge is 2.03. The van der Waals surface area contributed by atoms with E-state index in [0.717, 1.165) is 0 Å². The number of carbonyl (C=O) groups excluding carboxylic acids is 1. The zero-order chi connectivity index (χ0) is 8.27. The van der Waals surface area contributed by atoms with Gasteiger partial charge in [-0.05, 0) is 6.07 Å². The standard InChI is InChI=1S/C6H5BrN2O2/c7-3-5(10)4-1-2-6(11)9-8-4/h1-2H,3H2,(H,9,11). The molecule has 0 amide bonds. The lowest BCUT2D eigenvalue weighted by Crippen LogP contribution is -2.11. The summed E-state index contributed by atoms with van der Waals surface area (Å²) in [7, 11) is 0. The van der Waals surface area contributed by atoms with E-state index in [2.05, 4.69) is 26.1 Å². The van der Waals surface area contributed by atoms with Crippen molar-refractivity contribution in [1.29, 1.82) is 0 Å². The smallest absolute Gasteiger partial charge is 0.264 e. The summed E-state index contributed by atoms with van der Waals surface area (Å²) in [6, 6.07) is 2.66. The molecule has 0 saturated heterocycles. The van der Waals surface area contributed by atoms with Crippen LogP contribution in [0.2, 0.25) is 0 Å². The molecule has 0 aliphatic carbocycles. The number of nitrogens with one attached hydrogen (secondary N) is 1. The molecule has 1 aromatic heterocycles. The molecule has 1 rings (SSSR count). The monoisotopic (exact) mass is 216 g/mol. The highest BCUT2D eigenvalue weighted by atomic mass is 79.9. The number of ketones is 1. The average Bonchev–Trinajstić information content (AvgIpc) is 2.05. The molecule has 4 nitrogen and oxygen atoms in total. The fraction of sp³-hybridized carbons (Fsp3) is 0.167. The van der Waals surface area contributed by atoms with Crippen molar-refractivity contribution in [2.45, 2.75) is 0 Å². The first-order valence-electron chi connectivity index (χ1n) is 2.89. The molecule has 58 valence electrons. The second-order valence-electron chi connectivity index (χ2n) is 1.86. The number of hydrogen-bond acceptors (Lipinski definition) is 3. The highest BCUT2D eigenvalue weighted by Crippen LogP contribution is 1.94. The summed E-state index contributed by atoms with van der Waals surface area (Å²) >= 11 is 2.99. The molecular formula is C6H5BrN2O2. The summed E-state index contributed by atoms with van der Waals surface area (Å²) in [4.78, 5) is 21.4. The molecule has 0 spiro atoms. The quantitative estimate of drug-likeness (QED) is 0.574. The lowest BCUT2D eigenvalue weighted by atomic mass is 10.3. The van der Waals surface area contributed by atoms with Gasteiger partial charge in [0.05, 0.1) is 5.33 Å². The Hall–Kier alpha value is -0.970. The Morgan fingerprint density at radius 2 is 2.36 bits per heavy atom. The Balaban J connectivity index is 2.99. The van der Waals surface area contributed by atoms with Gasteiger partial charge < -0.3 is 0 Å². The molecule has 1 N–H and O–H groups in total. The minimum absolute atomic E-state index is 0.152. The average molecular weight is 217 g/mol. The number of aromatic amines is 1. The first kappa shape index (κ1) is 8.13. The van der Waals surface area contributed by atoms with Gasteiger partial charge in [0.25, 0.3) is 5.56 Å². The van der Waals surface area contributed by atoms with Crippen LogP contribution in [0.25, 0.3) is 0 Å². The van der Waals surface area contributed by atoms with Crippen molar-refractivity contribution >= 4 is 21.7 Å². The van der Waals surface area contributed by atoms with E-state index in [4.69, 9.17) is 0 Å². The summed E-state index contributed by atoms with van der Waals surface area (Å²) in [6.45, 7) is 0. The van der Waals surface area contributed by atoms with Crippen LogP contribution in [0.3, 0.4) is 0 Å². The lowest BCUT2D eigenvalue weighted by molar-refractivity contribution is 0.101. The molecular weight excluding hydrogens is 212 g/mol. The van der Waals surface area contributed by atoms with Gasteiger partial charge in [-0.1, -0.05) is 15.9 Å². The third-order valence-electron chi connectivity index (χ3n) is 1.09. The van der Waals surface area contributed by atoms with Gasteiger partial charge in [-0.15, -0.1) is 0 Å². The molecule has 0 atom stereocenters. The Morgan fingerprint density at radius 1 is 1.64 bits per heavy atom. The molecule has 1 heterocycles. The van der Waals surface area contributed by atoms with E-state index in [1.807, 2.05) is 0 Å². The van der Waals surface area contributed by atoms with Crippen molar-refractivity contribution in [2.75, 3.05) is 5.33 Å². The van der Waals surface area contributed by atoms with E-state index in [9.17, 15) is 9.59 Å². The van der Waals surface area contributed by atoms with Crippen molar-refractivity contribution in [1.82, 2.24) is 10.2 Å². The van der Waals surface area contributed by atoms with Gasteiger partial charge in [0.15, 0.2) is 5.78 Å². The summed E-state index contributed by atoms with van der Waals surface area (Å²) < 4.78 is 0. The van der Waals surface area contributed by atoms with E-state index in [-0.39, 0.29) is 22.4 Å². The second kappa shape index (κ2) is 3.43. The Morgan fingerprint density at radius 3 is 2.82 bits per heavy atom. The molecule has 0 radical (unpaired) electrons. The topological polar surface area (TPSA) is 62.8 Å². The van der Waals surface area contributed by atoms with E-state index < -0.39 is 0 Å². The molecule has 0 bridgehead atoms. The number of halogens is 1. The molecule has 0 aromatic carbocycles. The highest BCUT2D eigenvalue weighted by molar-refractivity contribution is 9.09. The number of hydrogen-bond donors (Lipinski definition) is 1. The van der Waals surface area contributed by atoms with Crippen LogP contribution >= 0.6 is 15.9 Å². The van der Waals surface area contributed by atoms with Gasteiger partial charge in [-0.25, -0.2) is 5.10 Å². The van der Waals surface area contributed by atoms with Crippen LogP contribution in [-0.4, -0.2) is 21.3 Å². The summed E-state index contributed by atoms with van der Waals surface area (Å²) in [5.74, 6) is -0.152. The number of H-pyrrole nitrogens is 1. The van der Waals surface area contributed by atoms with Crippen LogP contribution < -0.4 is 5.56 Å². The van der Waals surface area contributed by atoms with Gasteiger partial charge in [0, 0.05) is 6.07 Å². The van der Waals surface area contributed by atoms with E-state index >= 15 is 0 Å². The molecule has 11 heavy (non-hydrogen) atoms. The number of carbonyl (C=O) groups is 1. The summed E-state index contributed by atoms with van der Waals surface area (Å²) in [5.41, 5.74) is -0.0439. The van der Waals surface area contributed by atoms with Gasteiger partial charge in [-0.3, -0.25) is 9.59 Å². The predicted molar refractivity (Wildman–Crippen MR) is 43.0 cm³/mol. The number of nitrogens with zero attached hydrogens (tertiary/aromatic N) is 1. The van der Waals surface area contributed by atoms with Crippen LogP contribution in [0.1, 0.15) is 10.5 Å². The molecule has 0 aliphatic rings. The number of alkyl halides is 1. The van der Waals surface area contributed by atoms with Crippen LogP contribution in [-0.2, 0) is 0 Å². The molecule has 5 heteroatoms. The SMILES string of the molecule is O=C(CBr)c1ccc(=O)[nH]n1. The molecule has 0 saturated carbocycles. The second-order valence-corrected chi connectivity index (χ2v) is 2.42. The predicted octanol–water partition coefficient (Wildman–Crippen LogP) is 0.347. The fourth-order valence-corrected chi connectivity index (χ4v) is 0.855. The van der Waals surface area contributed by atoms with Gasteiger partial charge in [0.2, 0.25) is 0 Å². The minimum atomic E-state index is -0.309. The normalized spacial score (nSPS) is 9.55. The maximum atomic E-state index is 10.9. The zero-order valence-corrected chi connectivity index (χ0v) is 7.09. The lowest BCUT2D eigenvalue weighted by Gasteiger charge is -1.91. The third kappa shape index (κ3) is 1.98. The number of Topliss-reactive ketones (excluding diaryl/α,β-unsaturated/α-hetero) is 1. The van der Waals surface area contributed by atoms with Crippen molar-refractivity contribution < 1.29 is 4.79 Å². The van der Waals surface area contributed by atoms with Crippen LogP contribution in [0.15, 0.2) is 16.9 Å². The van der Waals surface area contributed by atoms with Crippen LogP contribution in [0.5, 0.6) is 0 Å². The minimum Gasteiger partial charge on any atom is -0.291 e. The maximum absolute atomic E-state index is 10.9.